The van der Waals surface area contributed by atoms with Crippen LogP contribution in [0, 0.1) is 0 Å². The largest absolute Gasteiger partial charge is 0.469 e. The van der Waals surface area contributed by atoms with E-state index < -0.39 is 0 Å². The van der Waals surface area contributed by atoms with Gasteiger partial charge in [-0.3, -0.25) is 4.79 Å². The molecule has 4 nitrogen and oxygen atoms in total. The SMILES string of the molecule is CCN(CC(N)=S)C(=O)CCc1ccco1. The van der Waals surface area contributed by atoms with E-state index in [9.17, 15) is 4.79 Å². The molecule has 88 valence electrons. The molecule has 0 aliphatic heterocycles. The quantitative estimate of drug-likeness (QED) is 0.762. The Morgan fingerprint density at radius 1 is 1.62 bits per heavy atom. The number of thiocarbonyl (C=S) groups is 1. The lowest BCUT2D eigenvalue weighted by molar-refractivity contribution is -0.130. The van der Waals surface area contributed by atoms with E-state index in [1.54, 1.807) is 11.2 Å². The fourth-order valence-electron chi connectivity index (χ4n) is 1.41. The van der Waals surface area contributed by atoms with E-state index in [1.165, 1.54) is 0 Å². The van der Waals surface area contributed by atoms with Crippen molar-refractivity contribution in [2.24, 2.45) is 5.73 Å². The lowest BCUT2D eigenvalue weighted by Gasteiger charge is -2.19. The first kappa shape index (κ1) is 12.7. The molecule has 0 saturated carbocycles. The summed E-state index contributed by atoms with van der Waals surface area (Å²) in [6.45, 7) is 2.88. The molecule has 0 unspecified atom stereocenters. The lowest BCUT2D eigenvalue weighted by atomic mass is 10.2. The van der Waals surface area contributed by atoms with Gasteiger partial charge in [-0.15, -0.1) is 0 Å². The van der Waals surface area contributed by atoms with Crippen LogP contribution in [0.3, 0.4) is 0 Å². The fraction of sp³-hybridized carbons (Fsp3) is 0.455. The molecule has 0 bridgehead atoms. The molecule has 0 saturated heterocycles. The maximum absolute atomic E-state index is 11.8. The minimum absolute atomic E-state index is 0.0479. The molecule has 16 heavy (non-hydrogen) atoms. The van der Waals surface area contributed by atoms with Crippen LogP contribution in [0.4, 0.5) is 0 Å². The topological polar surface area (TPSA) is 59.5 Å². The zero-order valence-electron chi connectivity index (χ0n) is 9.31. The molecule has 5 heteroatoms. The standard InChI is InChI=1S/C11H16N2O2S/c1-2-13(8-10(12)16)11(14)6-5-9-4-3-7-15-9/h3-4,7H,2,5-6,8H2,1H3,(H2,12,16). The number of furan rings is 1. The Morgan fingerprint density at radius 2 is 2.38 bits per heavy atom. The third kappa shape index (κ3) is 4.02. The highest BCUT2D eigenvalue weighted by Crippen LogP contribution is 2.05. The van der Waals surface area contributed by atoms with Crippen molar-refractivity contribution >= 4 is 23.1 Å². The van der Waals surface area contributed by atoms with Gasteiger partial charge in [0, 0.05) is 19.4 Å². The zero-order valence-corrected chi connectivity index (χ0v) is 10.1. The maximum Gasteiger partial charge on any atom is 0.223 e. The molecular formula is C11H16N2O2S. The first-order chi connectivity index (χ1) is 7.63. The Bertz CT molecular complexity index is 349. The van der Waals surface area contributed by atoms with Crippen LogP contribution in [0.1, 0.15) is 19.1 Å². The number of carbonyl (C=O) groups excluding carboxylic acids is 1. The summed E-state index contributed by atoms with van der Waals surface area (Å²) in [6, 6.07) is 3.67. The second kappa shape index (κ2) is 6.27. The Balaban J connectivity index is 2.40. The van der Waals surface area contributed by atoms with Crippen molar-refractivity contribution in [3.8, 4) is 0 Å². The van der Waals surface area contributed by atoms with E-state index in [0.717, 1.165) is 5.76 Å². The average molecular weight is 240 g/mol. The molecule has 0 atom stereocenters. The number of amides is 1. The number of rotatable bonds is 6. The van der Waals surface area contributed by atoms with E-state index in [1.807, 2.05) is 19.1 Å². The van der Waals surface area contributed by atoms with Crippen molar-refractivity contribution in [1.29, 1.82) is 0 Å². The van der Waals surface area contributed by atoms with Gasteiger partial charge in [0.25, 0.3) is 0 Å². The van der Waals surface area contributed by atoms with Crippen molar-refractivity contribution < 1.29 is 9.21 Å². The van der Waals surface area contributed by atoms with Crippen LogP contribution in [0.2, 0.25) is 0 Å². The summed E-state index contributed by atoms with van der Waals surface area (Å²) < 4.78 is 5.16. The number of likely N-dealkylation sites (N-methyl/N-ethyl adjacent to an activating group) is 1. The molecule has 0 radical (unpaired) electrons. The predicted molar refractivity (Wildman–Crippen MR) is 66.1 cm³/mol. The van der Waals surface area contributed by atoms with Crippen molar-refractivity contribution in [2.75, 3.05) is 13.1 Å². The van der Waals surface area contributed by atoms with Crippen LogP contribution in [0.15, 0.2) is 22.8 Å². The van der Waals surface area contributed by atoms with Crippen LogP contribution in [-0.4, -0.2) is 28.9 Å². The van der Waals surface area contributed by atoms with Crippen LogP contribution in [-0.2, 0) is 11.2 Å². The van der Waals surface area contributed by atoms with Gasteiger partial charge in [-0.1, -0.05) is 12.2 Å². The molecule has 0 spiro atoms. The van der Waals surface area contributed by atoms with Gasteiger partial charge in [-0.25, -0.2) is 0 Å². The van der Waals surface area contributed by atoms with Gasteiger partial charge in [-0.2, -0.15) is 0 Å². The normalized spacial score (nSPS) is 10.1. The summed E-state index contributed by atoms with van der Waals surface area (Å²) in [7, 11) is 0. The van der Waals surface area contributed by atoms with Crippen molar-refractivity contribution in [3.63, 3.8) is 0 Å². The monoisotopic (exact) mass is 240 g/mol. The molecule has 0 aliphatic rings. The minimum Gasteiger partial charge on any atom is -0.469 e. The molecule has 0 aliphatic carbocycles. The number of hydrogen-bond donors (Lipinski definition) is 1. The first-order valence-corrected chi connectivity index (χ1v) is 5.62. The second-order valence-electron chi connectivity index (χ2n) is 3.45. The minimum atomic E-state index is 0.0479. The molecule has 1 aromatic rings. The Hall–Kier alpha value is -1.36. The number of hydrogen-bond acceptors (Lipinski definition) is 3. The van der Waals surface area contributed by atoms with Crippen molar-refractivity contribution in [2.45, 2.75) is 19.8 Å². The number of nitrogens with zero attached hydrogens (tertiary/aromatic N) is 1. The van der Waals surface area contributed by atoms with Crippen LogP contribution in [0.25, 0.3) is 0 Å². The Kier molecular flexibility index (Phi) is 4.98. The van der Waals surface area contributed by atoms with Gasteiger partial charge in [0.1, 0.15) is 5.76 Å². The summed E-state index contributed by atoms with van der Waals surface area (Å²) >= 11 is 4.79. The Labute approximate surface area is 100 Å². The maximum atomic E-state index is 11.8. The summed E-state index contributed by atoms with van der Waals surface area (Å²) in [5, 5.41) is 0. The van der Waals surface area contributed by atoms with E-state index in [-0.39, 0.29) is 5.91 Å². The summed E-state index contributed by atoms with van der Waals surface area (Å²) in [6.07, 6.45) is 2.63. The zero-order chi connectivity index (χ0) is 12.0. The molecule has 1 heterocycles. The number of carbonyl (C=O) groups is 1. The third-order valence-corrected chi connectivity index (χ3v) is 2.38. The van der Waals surface area contributed by atoms with Gasteiger partial charge < -0.3 is 15.1 Å². The van der Waals surface area contributed by atoms with Gasteiger partial charge in [0.15, 0.2) is 0 Å². The molecule has 0 aromatic carbocycles. The van der Waals surface area contributed by atoms with E-state index in [0.29, 0.717) is 30.9 Å². The fourth-order valence-corrected chi connectivity index (χ4v) is 1.56. The highest BCUT2D eigenvalue weighted by atomic mass is 32.1. The van der Waals surface area contributed by atoms with Crippen LogP contribution < -0.4 is 5.73 Å². The van der Waals surface area contributed by atoms with Gasteiger partial charge in [-0.05, 0) is 19.1 Å². The van der Waals surface area contributed by atoms with Gasteiger partial charge in [0.2, 0.25) is 5.91 Å². The van der Waals surface area contributed by atoms with Crippen molar-refractivity contribution in [1.82, 2.24) is 4.90 Å². The second-order valence-corrected chi connectivity index (χ2v) is 3.98. The summed E-state index contributed by atoms with van der Waals surface area (Å²) in [4.78, 5) is 13.8. The molecule has 2 N–H and O–H groups in total. The van der Waals surface area contributed by atoms with E-state index in [4.69, 9.17) is 22.4 Å². The van der Waals surface area contributed by atoms with Crippen LogP contribution in [0.5, 0.6) is 0 Å². The molecule has 1 rings (SSSR count). The highest BCUT2D eigenvalue weighted by molar-refractivity contribution is 7.80. The van der Waals surface area contributed by atoms with E-state index in [2.05, 4.69) is 0 Å². The highest BCUT2D eigenvalue weighted by Gasteiger charge is 2.12. The lowest BCUT2D eigenvalue weighted by Crippen LogP contribution is -2.37. The third-order valence-electron chi connectivity index (χ3n) is 2.25. The van der Waals surface area contributed by atoms with Crippen LogP contribution >= 0.6 is 12.2 Å². The number of nitrogens with two attached hydrogens (primary N) is 1. The van der Waals surface area contributed by atoms with E-state index >= 15 is 0 Å². The molecule has 1 amide bonds. The summed E-state index contributed by atoms with van der Waals surface area (Å²) in [5.74, 6) is 0.867. The summed E-state index contributed by atoms with van der Waals surface area (Å²) in [5.41, 5.74) is 5.42. The van der Waals surface area contributed by atoms with Gasteiger partial charge >= 0.3 is 0 Å². The smallest absolute Gasteiger partial charge is 0.223 e. The van der Waals surface area contributed by atoms with Gasteiger partial charge in [0.05, 0.1) is 17.8 Å². The average Bonchev–Trinajstić information content (AvgIpc) is 2.75. The molecule has 1 aromatic heterocycles. The molecule has 0 fully saturated rings. The Morgan fingerprint density at radius 3 is 2.88 bits per heavy atom. The first-order valence-electron chi connectivity index (χ1n) is 5.22. The number of aryl methyl sites for hydroxylation is 1. The molecular weight excluding hydrogens is 224 g/mol. The predicted octanol–water partition coefficient (Wildman–Crippen LogP) is 1.35. The van der Waals surface area contributed by atoms with Crippen molar-refractivity contribution in [3.05, 3.63) is 24.2 Å².